The van der Waals surface area contributed by atoms with Gasteiger partial charge in [0.1, 0.15) is 17.8 Å². The van der Waals surface area contributed by atoms with Crippen LogP contribution in [0.4, 0.5) is 0 Å². The quantitative estimate of drug-likeness (QED) is 0.746. The molecule has 1 unspecified atom stereocenters. The van der Waals surface area contributed by atoms with Crippen LogP contribution in [0.1, 0.15) is 12.6 Å². The first-order valence-electron chi connectivity index (χ1n) is 4.98. The van der Waals surface area contributed by atoms with Gasteiger partial charge in [0, 0.05) is 13.1 Å². The molecule has 0 spiro atoms. The van der Waals surface area contributed by atoms with Crippen molar-refractivity contribution in [1.29, 1.82) is 5.26 Å². The average Bonchev–Trinajstić information content (AvgIpc) is 2.73. The van der Waals surface area contributed by atoms with E-state index in [-0.39, 0.29) is 12.5 Å². The third kappa shape index (κ3) is 3.34. The largest absolute Gasteiger partial charge is 0.467 e. The second-order valence-electron chi connectivity index (χ2n) is 3.43. The van der Waals surface area contributed by atoms with Crippen LogP contribution in [0.5, 0.6) is 0 Å². The summed E-state index contributed by atoms with van der Waals surface area (Å²) in [7, 11) is 1.25. The van der Waals surface area contributed by atoms with Crippen molar-refractivity contribution < 1.29 is 14.3 Å². The third-order valence-electron chi connectivity index (χ3n) is 2.19. The molecule has 0 saturated carbocycles. The Morgan fingerprint density at radius 1 is 1.65 bits per heavy atom. The number of carbonyl (C=O) groups is 2. The lowest BCUT2D eigenvalue weighted by Gasteiger charge is -2.16. The lowest BCUT2D eigenvalue weighted by atomic mass is 10.3. The maximum Gasteiger partial charge on any atom is 0.330 e. The SMILES string of the molecule is COC(=O)C(Cn1cccc1C#N)NC(C)=O. The van der Waals surface area contributed by atoms with E-state index in [4.69, 9.17) is 5.26 Å². The highest BCUT2D eigenvalue weighted by molar-refractivity contribution is 5.83. The maximum absolute atomic E-state index is 11.4. The minimum Gasteiger partial charge on any atom is -0.467 e. The van der Waals surface area contributed by atoms with Crippen molar-refractivity contribution in [1.82, 2.24) is 9.88 Å². The molecule has 0 bridgehead atoms. The normalized spacial score (nSPS) is 11.4. The van der Waals surface area contributed by atoms with E-state index in [1.807, 2.05) is 6.07 Å². The van der Waals surface area contributed by atoms with Gasteiger partial charge in [0.15, 0.2) is 0 Å². The fraction of sp³-hybridized carbons (Fsp3) is 0.364. The summed E-state index contributed by atoms with van der Waals surface area (Å²) in [6.07, 6.45) is 1.66. The lowest BCUT2D eigenvalue weighted by Crippen LogP contribution is -2.43. The Labute approximate surface area is 98.8 Å². The Kier molecular flexibility index (Phi) is 4.29. The first-order chi connectivity index (χ1) is 8.08. The van der Waals surface area contributed by atoms with Gasteiger partial charge in [-0.15, -0.1) is 0 Å². The molecule has 1 atom stereocenters. The van der Waals surface area contributed by atoms with Gasteiger partial charge in [-0.3, -0.25) is 4.79 Å². The van der Waals surface area contributed by atoms with E-state index >= 15 is 0 Å². The standard InChI is InChI=1S/C11H13N3O3/c1-8(15)13-10(11(16)17-2)7-14-5-3-4-9(14)6-12/h3-5,10H,7H2,1-2H3,(H,13,15). The van der Waals surface area contributed by atoms with Gasteiger partial charge in [-0.1, -0.05) is 0 Å². The van der Waals surface area contributed by atoms with E-state index in [9.17, 15) is 9.59 Å². The molecule has 0 radical (unpaired) electrons. The van der Waals surface area contributed by atoms with Crippen LogP contribution in [0.15, 0.2) is 18.3 Å². The van der Waals surface area contributed by atoms with Gasteiger partial charge >= 0.3 is 5.97 Å². The Bertz CT molecular complexity index is 459. The molecule has 0 fully saturated rings. The average molecular weight is 235 g/mol. The summed E-state index contributed by atoms with van der Waals surface area (Å²) in [5.74, 6) is -0.871. The summed E-state index contributed by atoms with van der Waals surface area (Å²) in [5.41, 5.74) is 0.421. The van der Waals surface area contributed by atoms with Crippen LogP contribution >= 0.6 is 0 Å². The summed E-state index contributed by atoms with van der Waals surface area (Å²) in [6.45, 7) is 1.49. The van der Waals surface area contributed by atoms with Crippen molar-refractivity contribution >= 4 is 11.9 Å². The number of nitriles is 1. The number of nitrogens with zero attached hydrogens (tertiary/aromatic N) is 2. The summed E-state index contributed by atoms with van der Waals surface area (Å²) in [6, 6.07) is 4.52. The van der Waals surface area contributed by atoms with E-state index in [1.165, 1.54) is 14.0 Å². The molecule has 6 nitrogen and oxygen atoms in total. The Morgan fingerprint density at radius 2 is 2.35 bits per heavy atom. The number of hydrogen-bond donors (Lipinski definition) is 1. The van der Waals surface area contributed by atoms with Crippen LogP contribution in [-0.2, 0) is 20.9 Å². The smallest absolute Gasteiger partial charge is 0.330 e. The molecule has 17 heavy (non-hydrogen) atoms. The molecule has 0 aliphatic carbocycles. The van der Waals surface area contributed by atoms with Crippen molar-refractivity contribution in [3.8, 4) is 6.07 Å². The zero-order valence-corrected chi connectivity index (χ0v) is 9.64. The van der Waals surface area contributed by atoms with Gasteiger partial charge in [-0.25, -0.2) is 4.79 Å². The maximum atomic E-state index is 11.4. The highest BCUT2D eigenvalue weighted by atomic mass is 16.5. The monoisotopic (exact) mass is 235 g/mol. The molecule has 0 aliphatic heterocycles. The topological polar surface area (TPSA) is 84.1 Å². The van der Waals surface area contributed by atoms with E-state index < -0.39 is 12.0 Å². The second-order valence-corrected chi connectivity index (χ2v) is 3.43. The van der Waals surface area contributed by atoms with Crippen LogP contribution in [0.2, 0.25) is 0 Å². The number of methoxy groups -OCH3 is 1. The molecule has 6 heteroatoms. The van der Waals surface area contributed by atoms with Crippen molar-refractivity contribution in [3.63, 3.8) is 0 Å². The number of ether oxygens (including phenoxy) is 1. The van der Waals surface area contributed by atoms with Gasteiger partial charge in [0.05, 0.1) is 13.7 Å². The zero-order valence-electron chi connectivity index (χ0n) is 9.64. The summed E-state index contributed by atoms with van der Waals surface area (Å²) >= 11 is 0. The van der Waals surface area contributed by atoms with E-state index in [2.05, 4.69) is 10.1 Å². The summed E-state index contributed by atoms with van der Waals surface area (Å²) < 4.78 is 6.17. The fourth-order valence-corrected chi connectivity index (χ4v) is 1.44. The van der Waals surface area contributed by atoms with E-state index in [0.29, 0.717) is 5.69 Å². The van der Waals surface area contributed by atoms with Gasteiger partial charge in [-0.2, -0.15) is 5.26 Å². The number of rotatable bonds is 4. The highest BCUT2D eigenvalue weighted by Crippen LogP contribution is 2.03. The predicted octanol–water partition coefficient (Wildman–Crippen LogP) is 0.0375. The minimum absolute atomic E-state index is 0.169. The molecule has 0 aliphatic rings. The number of esters is 1. The molecule has 1 N–H and O–H groups in total. The molecule has 90 valence electrons. The minimum atomic E-state index is -0.794. The number of hydrogen-bond acceptors (Lipinski definition) is 4. The molecule has 1 rings (SSSR count). The summed E-state index contributed by atoms with van der Waals surface area (Å²) in [4.78, 5) is 22.4. The van der Waals surface area contributed by atoms with Crippen LogP contribution < -0.4 is 5.32 Å². The highest BCUT2D eigenvalue weighted by Gasteiger charge is 2.21. The molecule has 1 aromatic heterocycles. The van der Waals surface area contributed by atoms with Crippen molar-refractivity contribution in [2.45, 2.75) is 19.5 Å². The fourth-order valence-electron chi connectivity index (χ4n) is 1.44. The predicted molar refractivity (Wildman–Crippen MR) is 58.8 cm³/mol. The number of carbonyl (C=O) groups excluding carboxylic acids is 2. The zero-order chi connectivity index (χ0) is 12.8. The van der Waals surface area contributed by atoms with E-state index in [0.717, 1.165) is 0 Å². The Morgan fingerprint density at radius 3 is 2.88 bits per heavy atom. The van der Waals surface area contributed by atoms with Gasteiger partial charge in [0.25, 0.3) is 0 Å². The molecular weight excluding hydrogens is 222 g/mol. The molecule has 1 amide bonds. The molecular formula is C11H13N3O3. The molecule has 1 aromatic rings. The Balaban J connectivity index is 2.83. The third-order valence-corrected chi connectivity index (χ3v) is 2.19. The molecule has 0 aromatic carbocycles. The van der Waals surface area contributed by atoms with Crippen LogP contribution in [0, 0.1) is 11.3 Å². The van der Waals surface area contributed by atoms with Crippen molar-refractivity contribution in [2.24, 2.45) is 0 Å². The van der Waals surface area contributed by atoms with Gasteiger partial charge in [-0.05, 0) is 12.1 Å². The van der Waals surface area contributed by atoms with E-state index in [1.54, 1.807) is 22.9 Å². The lowest BCUT2D eigenvalue weighted by molar-refractivity contribution is -0.145. The van der Waals surface area contributed by atoms with Gasteiger partial charge in [0.2, 0.25) is 5.91 Å². The summed E-state index contributed by atoms with van der Waals surface area (Å²) in [5, 5.41) is 11.3. The molecule has 0 saturated heterocycles. The number of amides is 1. The van der Waals surface area contributed by atoms with Gasteiger partial charge < -0.3 is 14.6 Å². The second kappa shape index (κ2) is 5.70. The van der Waals surface area contributed by atoms with Crippen molar-refractivity contribution in [3.05, 3.63) is 24.0 Å². The first-order valence-corrected chi connectivity index (χ1v) is 4.98. The molecule has 1 heterocycles. The van der Waals surface area contributed by atoms with Crippen LogP contribution in [0.25, 0.3) is 0 Å². The van der Waals surface area contributed by atoms with Crippen LogP contribution in [0.3, 0.4) is 0 Å². The Hall–Kier alpha value is -2.29. The number of nitrogens with one attached hydrogen (secondary N) is 1. The van der Waals surface area contributed by atoms with Crippen LogP contribution in [-0.4, -0.2) is 29.6 Å². The number of aromatic nitrogens is 1. The van der Waals surface area contributed by atoms with Crippen molar-refractivity contribution in [2.75, 3.05) is 7.11 Å². The first kappa shape index (κ1) is 12.8.